The lowest BCUT2D eigenvalue weighted by Crippen LogP contribution is -2.29. The Hall–Kier alpha value is -2.73. The number of para-hydroxylation sites is 1. The van der Waals surface area contributed by atoms with Gasteiger partial charge in [-0.2, -0.15) is 0 Å². The Morgan fingerprint density at radius 2 is 1.76 bits per heavy atom. The molecule has 1 atom stereocenters. The second-order valence-electron chi connectivity index (χ2n) is 6.87. The van der Waals surface area contributed by atoms with Crippen molar-refractivity contribution in [3.63, 3.8) is 0 Å². The molecule has 0 aliphatic rings. The van der Waals surface area contributed by atoms with Crippen molar-refractivity contribution in [3.05, 3.63) is 75.3 Å². The van der Waals surface area contributed by atoms with Crippen LogP contribution < -0.4 is 5.32 Å². The van der Waals surface area contributed by atoms with Crippen LogP contribution in [0.3, 0.4) is 0 Å². The molecule has 0 radical (unpaired) electrons. The summed E-state index contributed by atoms with van der Waals surface area (Å²) in [5.41, 5.74) is 1.55. The van der Waals surface area contributed by atoms with Gasteiger partial charge in [-0.05, 0) is 22.6 Å². The van der Waals surface area contributed by atoms with Gasteiger partial charge in [-0.15, -0.1) is 0 Å². The van der Waals surface area contributed by atoms with Crippen molar-refractivity contribution < 1.29 is 14.8 Å². The largest absolute Gasteiger partial charge is 0.387 e. The molecule has 2 aromatic carbocycles. The number of rotatable bonds is 5. The third-order valence-corrected chi connectivity index (χ3v) is 3.96. The first-order chi connectivity index (χ1) is 11.7. The molecule has 0 saturated heterocycles. The number of aliphatic hydroxyl groups is 1. The zero-order chi connectivity index (χ0) is 18.6. The number of nitrogens with one attached hydrogen (secondary N) is 1. The monoisotopic (exact) mass is 342 g/mol. The first kappa shape index (κ1) is 18.6. The number of hydrogen-bond acceptors (Lipinski definition) is 4. The van der Waals surface area contributed by atoms with Crippen LogP contribution in [0.25, 0.3) is 0 Å². The molecule has 0 aliphatic heterocycles. The molecule has 0 aliphatic carbocycles. The van der Waals surface area contributed by atoms with E-state index in [-0.39, 0.29) is 23.2 Å². The van der Waals surface area contributed by atoms with Gasteiger partial charge in [0, 0.05) is 12.6 Å². The summed E-state index contributed by atoms with van der Waals surface area (Å²) in [6, 6.07) is 13.3. The number of nitro benzene ring substituents is 1. The molecule has 2 aromatic rings. The van der Waals surface area contributed by atoms with E-state index in [0.717, 1.165) is 5.56 Å². The fourth-order valence-electron chi connectivity index (χ4n) is 2.43. The number of nitro groups is 1. The van der Waals surface area contributed by atoms with Gasteiger partial charge in [0.15, 0.2) is 0 Å². The highest BCUT2D eigenvalue weighted by Gasteiger charge is 2.20. The molecule has 2 rings (SSSR count). The summed E-state index contributed by atoms with van der Waals surface area (Å²) in [6.07, 6.45) is -0.888. The zero-order valence-electron chi connectivity index (χ0n) is 14.5. The van der Waals surface area contributed by atoms with Gasteiger partial charge in [-0.3, -0.25) is 14.9 Å². The average Bonchev–Trinajstić information content (AvgIpc) is 2.58. The fourth-order valence-corrected chi connectivity index (χ4v) is 2.43. The van der Waals surface area contributed by atoms with E-state index in [2.05, 4.69) is 26.1 Å². The van der Waals surface area contributed by atoms with Gasteiger partial charge in [0.2, 0.25) is 0 Å². The molecule has 0 heterocycles. The summed E-state index contributed by atoms with van der Waals surface area (Å²) < 4.78 is 0. The number of aliphatic hydroxyl groups excluding tert-OH is 1. The highest BCUT2D eigenvalue weighted by Crippen LogP contribution is 2.24. The van der Waals surface area contributed by atoms with E-state index in [9.17, 15) is 20.0 Å². The van der Waals surface area contributed by atoms with E-state index < -0.39 is 16.9 Å². The van der Waals surface area contributed by atoms with Gasteiger partial charge in [0.05, 0.1) is 11.0 Å². The Morgan fingerprint density at radius 3 is 2.32 bits per heavy atom. The molecule has 6 heteroatoms. The van der Waals surface area contributed by atoms with E-state index in [1.807, 2.05) is 24.3 Å². The van der Waals surface area contributed by atoms with Gasteiger partial charge in [-0.1, -0.05) is 57.2 Å². The number of carbonyl (C=O) groups excluding carboxylic acids is 1. The van der Waals surface area contributed by atoms with Crippen LogP contribution in [0.15, 0.2) is 48.5 Å². The summed E-state index contributed by atoms with van der Waals surface area (Å²) in [5.74, 6) is -0.585. The Morgan fingerprint density at radius 1 is 1.16 bits per heavy atom. The number of amides is 1. The lowest BCUT2D eigenvalue weighted by Gasteiger charge is -2.20. The van der Waals surface area contributed by atoms with E-state index in [0.29, 0.717) is 5.56 Å². The minimum Gasteiger partial charge on any atom is -0.387 e. The molecule has 25 heavy (non-hydrogen) atoms. The van der Waals surface area contributed by atoms with Crippen LogP contribution in [-0.4, -0.2) is 22.5 Å². The first-order valence-electron chi connectivity index (χ1n) is 8.00. The van der Waals surface area contributed by atoms with Gasteiger partial charge < -0.3 is 10.4 Å². The van der Waals surface area contributed by atoms with Crippen LogP contribution >= 0.6 is 0 Å². The highest BCUT2D eigenvalue weighted by molar-refractivity contribution is 5.98. The molecule has 0 aromatic heterocycles. The predicted molar refractivity (Wildman–Crippen MR) is 95.5 cm³/mol. The summed E-state index contributed by atoms with van der Waals surface area (Å²) in [6.45, 7) is 6.28. The number of carbonyl (C=O) groups is 1. The van der Waals surface area contributed by atoms with Gasteiger partial charge in [0.1, 0.15) is 5.56 Å². The second-order valence-corrected chi connectivity index (χ2v) is 6.87. The third kappa shape index (κ3) is 4.64. The normalized spacial score (nSPS) is 12.5. The maximum atomic E-state index is 12.2. The van der Waals surface area contributed by atoms with Gasteiger partial charge >= 0.3 is 0 Å². The van der Waals surface area contributed by atoms with Crippen molar-refractivity contribution in [1.82, 2.24) is 5.32 Å². The van der Waals surface area contributed by atoms with Crippen molar-refractivity contribution in [3.8, 4) is 0 Å². The minimum absolute atomic E-state index is 0.0178. The maximum absolute atomic E-state index is 12.2. The molecule has 0 spiro atoms. The van der Waals surface area contributed by atoms with Crippen LogP contribution in [0, 0.1) is 10.1 Å². The Labute approximate surface area is 146 Å². The molecular formula is C19H22N2O4. The quantitative estimate of drug-likeness (QED) is 0.644. The second kappa shape index (κ2) is 7.44. The van der Waals surface area contributed by atoms with Crippen LogP contribution in [-0.2, 0) is 5.41 Å². The fraction of sp³-hybridized carbons (Fsp3) is 0.316. The number of hydrogen-bond donors (Lipinski definition) is 2. The highest BCUT2D eigenvalue weighted by atomic mass is 16.6. The predicted octanol–water partition coefficient (Wildman–Crippen LogP) is 3.36. The Kier molecular flexibility index (Phi) is 5.54. The summed E-state index contributed by atoms with van der Waals surface area (Å²) >= 11 is 0. The van der Waals surface area contributed by atoms with Crippen molar-refractivity contribution in [1.29, 1.82) is 0 Å². The van der Waals surface area contributed by atoms with Crippen LogP contribution in [0.1, 0.15) is 48.4 Å². The minimum atomic E-state index is -0.888. The van der Waals surface area contributed by atoms with Crippen LogP contribution in [0.5, 0.6) is 0 Å². The summed E-state index contributed by atoms with van der Waals surface area (Å²) in [5, 5.41) is 23.8. The Balaban J connectivity index is 2.04. The standard InChI is InChI=1S/C19H22N2O4/c1-19(2,3)14-10-8-13(9-11-14)17(22)12-20-18(23)15-6-4-5-7-16(15)21(24)25/h4-11,17,22H,12H2,1-3H3,(H,20,23). The molecular weight excluding hydrogens is 320 g/mol. The maximum Gasteiger partial charge on any atom is 0.282 e. The SMILES string of the molecule is CC(C)(C)c1ccc(C(O)CNC(=O)c2ccccc2[N+](=O)[O-])cc1. The topological polar surface area (TPSA) is 92.5 Å². The average molecular weight is 342 g/mol. The lowest BCUT2D eigenvalue weighted by molar-refractivity contribution is -0.385. The van der Waals surface area contributed by atoms with E-state index >= 15 is 0 Å². The molecule has 6 nitrogen and oxygen atoms in total. The lowest BCUT2D eigenvalue weighted by atomic mass is 9.86. The van der Waals surface area contributed by atoms with Gasteiger partial charge in [0.25, 0.3) is 11.6 Å². The molecule has 0 fully saturated rings. The number of nitrogens with zero attached hydrogens (tertiary/aromatic N) is 1. The molecule has 1 amide bonds. The van der Waals surface area contributed by atoms with E-state index in [1.165, 1.54) is 18.2 Å². The van der Waals surface area contributed by atoms with Crippen LogP contribution in [0.2, 0.25) is 0 Å². The van der Waals surface area contributed by atoms with Gasteiger partial charge in [-0.25, -0.2) is 0 Å². The van der Waals surface area contributed by atoms with E-state index in [1.54, 1.807) is 6.07 Å². The zero-order valence-corrected chi connectivity index (χ0v) is 14.5. The summed E-state index contributed by atoms with van der Waals surface area (Å²) in [4.78, 5) is 22.5. The van der Waals surface area contributed by atoms with Crippen molar-refractivity contribution >= 4 is 11.6 Å². The molecule has 1 unspecified atom stereocenters. The first-order valence-corrected chi connectivity index (χ1v) is 8.00. The Bertz CT molecular complexity index is 764. The molecule has 0 saturated carbocycles. The number of benzene rings is 2. The van der Waals surface area contributed by atoms with E-state index in [4.69, 9.17) is 0 Å². The molecule has 0 bridgehead atoms. The van der Waals surface area contributed by atoms with Crippen molar-refractivity contribution in [2.24, 2.45) is 0 Å². The molecule has 132 valence electrons. The van der Waals surface area contributed by atoms with Crippen LogP contribution in [0.4, 0.5) is 5.69 Å². The smallest absolute Gasteiger partial charge is 0.282 e. The molecule has 2 N–H and O–H groups in total. The van der Waals surface area contributed by atoms with Crippen molar-refractivity contribution in [2.45, 2.75) is 32.3 Å². The third-order valence-electron chi connectivity index (χ3n) is 3.96. The van der Waals surface area contributed by atoms with Crippen molar-refractivity contribution in [2.75, 3.05) is 6.54 Å². The summed E-state index contributed by atoms with van der Waals surface area (Å²) in [7, 11) is 0.